The van der Waals surface area contributed by atoms with Crippen LogP contribution in [0.25, 0.3) is 0 Å². The third kappa shape index (κ3) is 3.92. The molecule has 0 aliphatic heterocycles. The fourth-order valence-electron chi connectivity index (χ4n) is 2.27. The van der Waals surface area contributed by atoms with Gasteiger partial charge in [-0.2, -0.15) is 0 Å². The van der Waals surface area contributed by atoms with Crippen molar-refractivity contribution < 1.29 is 5.11 Å². The molecule has 106 valence electrons. The largest absolute Gasteiger partial charge is 0.392 e. The number of aliphatic hydroxyl groups is 1. The summed E-state index contributed by atoms with van der Waals surface area (Å²) in [5.41, 5.74) is 6.38. The number of benzene rings is 2. The Labute approximate surface area is 121 Å². The molecule has 2 aromatic rings. The van der Waals surface area contributed by atoms with Crippen LogP contribution >= 0.6 is 0 Å². The van der Waals surface area contributed by atoms with Gasteiger partial charge < -0.3 is 10.4 Å². The van der Waals surface area contributed by atoms with Gasteiger partial charge in [-0.15, -0.1) is 0 Å². The van der Waals surface area contributed by atoms with Gasteiger partial charge >= 0.3 is 0 Å². The molecule has 0 bridgehead atoms. The van der Waals surface area contributed by atoms with Crippen molar-refractivity contribution in [3.8, 4) is 0 Å². The van der Waals surface area contributed by atoms with Crippen molar-refractivity contribution in [2.75, 3.05) is 6.54 Å². The molecule has 0 amide bonds. The van der Waals surface area contributed by atoms with Gasteiger partial charge in [0.1, 0.15) is 0 Å². The third-order valence-corrected chi connectivity index (χ3v) is 3.83. The Bertz CT molecular complexity index is 546. The zero-order valence-electron chi connectivity index (χ0n) is 12.3. The molecule has 0 atom stereocenters. The maximum absolute atomic E-state index is 9.00. The minimum absolute atomic E-state index is 0.116. The molecule has 20 heavy (non-hydrogen) atoms. The van der Waals surface area contributed by atoms with Crippen LogP contribution < -0.4 is 5.32 Å². The molecular weight excluding hydrogens is 246 g/mol. The first-order chi connectivity index (χ1) is 9.70. The molecule has 0 unspecified atom stereocenters. The summed E-state index contributed by atoms with van der Waals surface area (Å²) in [5.74, 6) is 0. The lowest BCUT2D eigenvalue weighted by molar-refractivity contribution is 0.282. The number of aryl methyl sites for hydroxylation is 1. The highest BCUT2D eigenvalue weighted by Crippen LogP contribution is 2.12. The maximum Gasteiger partial charge on any atom is 0.0681 e. The van der Waals surface area contributed by atoms with Crippen LogP contribution in [0.2, 0.25) is 0 Å². The molecule has 0 aliphatic rings. The van der Waals surface area contributed by atoms with E-state index in [1.807, 2.05) is 12.1 Å². The van der Waals surface area contributed by atoms with E-state index in [2.05, 4.69) is 49.5 Å². The second-order valence-electron chi connectivity index (χ2n) is 5.26. The van der Waals surface area contributed by atoms with Crippen molar-refractivity contribution in [2.24, 2.45) is 0 Å². The van der Waals surface area contributed by atoms with Crippen LogP contribution in [0.15, 0.2) is 42.5 Å². The Hall–Kier alpha value is -1.64. The van der Waals surface area contributed by atoms with Crippen LogP contribution in [0.4, 0.5) is 0 Å². The molecule has 0 spiro atoms. The lowest BCUT2D eigenvalue weighted by atomic mass is 10.0. The lowest BCUT2D eigenvalue weighted by Gasteiger charge is -2.10. The Morgan fingerprint density at radius 2 is 1.65 bits per heavy atom. The van der Waals surface area contributed by atoms with Gasteiger partial charge in [0, 0.05) is 6.54 Å². The highest BCUT2D eigenvalue weighted by atomic mass is 16.3. The van der Waals surface area contributed by atoms with Gasteiger partial charge in [0.25, 0.3) is 0 Å². The van der Waals surface area contributed by atoms with Crippen LogP contribution in [0, 0.1) is 13.8 Å². The summed E-state index contributed by atoms with van der Waals surface area (Å²) in [6.07, 6.45) is 1.01. The third-order valence-electron chi connectivity index (χ3n) is 3.83. The number of nitrogens with one attached hydrogen (secondary N) is 1. The molecule has 0 aromatic heterocycles. The lowest BCUT2D eigenvalue weighted by Crippen LogP contribution is -2.17. The van der Waals surface area contributed by atoms with Gasteiger partial charge in [-0.05, 0) is 54.6 Å². The molecule has 0 radical (unpaired) electrons. The summed E-state index contributed by atoms with van der Waals surface area (Å²) in [4.78, 5) is 0. The number of hydrogen-bond acceptors (Lipinski definition) is 2. The summed E-state index contributed by atoms with van der Waals surface area (Å²) < 4.78 is 0. The Morgan fingerprint density at radius 1 is 0.950 bits per heavy atom. The molecule has 2 nitrogen and oxygen atoms in total. The summed E-state index contributed by atoms with van der Waals surface area (Å²) in [6, 6.07) is 14.6. The number of aliphatic hydroxyl groups excluding tert-OH is 1. The van der Waals surface area contributed by atoms with Gasteiger partial charge in [0.15, 0.2) is 0 Å². The predicted molar refractivity (Wildman–Crippen MR) is 83.7 cm³/mol. The highest BCUT2D eigenvalue weighted by molar-refractivity contribution is 5.33. The van der Waals surface area contributed by atoms with E-state index in [1.165, 1.54) is 22.3 Å². The molecule has 2 heteroatoms. The molecule has 0 saturated heterocycles. The van der Waals surface area contributed by atoms with E-state index in [-0.39, 0.29) is 6.61 Å². The monoisotopic (exact) mass is 269 g/mol. The van der Waals surface area contributed by atoms with E-state index in [0.717, 1.165) is 25.1 Å². The van der Waals surface area contributed by atoms with Crippen molar-refractivity contribution in [2.45, 2.75) is 33.4 Å². The second kappa shape index (κ2) is 7.22. The SMILES string of the molecule is Cc1cccc(CNCCc2ccc(CO)cc2)c1C. The highest BCUT2D eigenvalue weighted by Gasteiger charge is 2.00. The molecule has 2 N–H and O–H groups in total. The van der Waals surface area contributed by atoms with E-state index in [4.69, 9.17) is 5.11 Å². The average Bonchev–Trinajstić information content (AvgIpc) is 2.48. The van der Waals surface area contributed by atoms with Crippen LogP contribution in [-0.2, 0) is 19.6 Å². The molecule has 2 aromatic carbocycles. The standard InChI is InChI=1S/C18H23NO/c1-14-4-3-5-18(15(14)2)12-19-11-10-16-6-8-17(13-20)9-7-16/h3-9,19-20H,10-13H2,1-2H3. The average molecular weight is 269 g/mol. The maximum atomic E-state index is 9.00. The van der Waals surface area contributed by atoms with Crippen molar-refractivity contribution in [1.82, 2.24) is 5.32 Å². The minimum atomic E-state index is 0.116. The van der Waals surface area contributed by atoms with Crippen LogP contribution in [-0.4, -0.2) is 11.7 Å². The summed E-state index contributed by atoms with van der Waals surface area (Å²) in [6.45, 7) is 6.33. The van der Waals surface area contributed by atoms with Gasteiger partial charge in [0.05, 0.1) is 6.61 Å². The molecule has 0 fully saturated rings. The van der Waals surface area contributed by atoms with E-state index in [1.54, 1.807) is 0 Å². The van der Waals surface area contributed by atoms with Gasteiger partial charge in [-0.1, -0.05) is 42.5 Å². The summed E-state index contributed by atoms with van der Waals surface area (Å²) in [7, 11) is 0. The Balaban J connectivity index is 1.80. The summed E-state index contributed by atoms with van der Waals surface area (Å²) in [5, 5.41) is 12.5. The van der Waals surface area contributed by atoms with Crippen molar-refractivity contribution >= 4 is 0 Å². The first-order valence-corrected chi connectivity index (χ1v) is 7.15. The zero-order valence-corrected chi connectivity index (χ0v) is 12.3. The summed E-state index contributed by atoms with van der Waals surface area (Å²) >= 11 is 0. The van der Waals surface area contributed by atoms with Gasteiger partial charge in [0.2, 0.25) is 0 Å². The predicted octanol–water partition coefficient (Wildman–Crippen LogP) is 3.13. The number of rotatable bonds is 6. The smallest absolute Gasteiger partial charge is 0.0681 e. The van der Waals surface area contributed by atoms with Gasteiger partial charge in [-0.25, -0.2) is 0 Å². The molecular formula is C18H23NO. The fourth-order valence-corrected chi connectivity index (χ4v) is 2.27. The zero-order chi connectivity index (χ0) is 14.4. The molecule has 0 heterocycles. The van der Waals surface area contributed by atoms with E-state index < -0.39 is 0 Å². The van der Waals surface area contributed by atoms with Gasteiger partial charge in [-0.3, -0.25) is 0 Å². The van der Waals surface area contributed by atoms with E-state index >= 15 is 0 Å². The number of hydrogen-bond donors (Lipinski definition) is 2. The van der Waals surface area contributed by atoms with Crippen molar-refractivity contribution in [3.05, 3.63) is 70.3 Å². The Kier molecular flexibility index (Phi) is 5.33. The van der Waals surface area contributed by atoms with Crippen LogP contribution in [0.5, 0.6) is 0 Å². The topological polar surface area (TPSA) is 32.3 Å². The first kappa shape index (κ1) is 14.8. The van der Waals surface area contributed by atoms with Crippen LogP contribution in [0.1, 0.15) is 27.8 Å². The normalized spacial score (nSPS) is 10.8. The fraction of sp³-hybridized carbons (Fsp3) is 0.333. The van der Waals surface area contributed by atoms with Crippen molar-refractivity contribution in [1.29, 1.82) is 0 Å². The quantitative estimate of drug-likeness (QED) is 0.790. The molecule has 0 aliphatic carbocycles. The molecule has 0 saturated carbocycles. The second-order valence-corrected chi connectivity index (χ2v) is 5.26. The Morgan fingerprint density at radius 3 is 2.35 bits per heavy atom. The van der Waals surface area contributed by atoms with Crippen molar-refractivity contribution in [3.63, 3.8) is 0 Å². The van der Waals surface area contributed by atoms with E-state index in [0.29, 0.717) is 0 Å². The molecule has 2 rings (SSSR count). The van der Waals surface area contributed by atoms with E-state index in [9.17, 15) is 0 Å². The first-order valence-electron chi connectivity index (χ1n) is 7.15. The minimum Gasteiger partial charge on any atom is -0.392 e. The van der Waals surface area contributed by atoms with Crippen LogP contribution in [0.3, 0.4) is 0 Å².